The lowest BCUT2D eigenvalue weighted by atomic mass is 9.96. The van der Waals surface area contributed by atoms with E-state index in [1.54, 1.807) is 0 Å². The first-order valence-corrected chi connectivity index (χ1v) is 9.62. The largest absolute Gasteiger partial charge is 0.433 e. The number of nitrogens with zero attached hydrogens (tertiary/aromatic N) is 2. The van der Waals surface area contributed by atoms with E-state index in [2.05, 4.69) is 20.9 Å². The molecule has 152 valence electrons. The number of hydrogen-bond acceptors (Lipinski definition) is 6. The summed E-state index contributed by atoms with van der Waals surface area (Å²) in [7, 11) is 0. The number of hydrogen-bond donors (Lipinski definition) is 4. The smallest absolute Gasteiger partial charge is 0.384 e. The van der Waals surface area contributed by atoms with E-state index in [9.17, 15) is 9.59 Å². The van der Waals surface area contributed by atoms with Crippen LogP contribution in [-0.4, -0.2) is 35.9 Å². The second-order valence-corrected chi connectivity index (χ2v) is 7.06. The number of nitrogens with two attached hydrogens (primary N) is 2. The highest BCUT2D eigenvalue weighted by Crippen LogP contribution is 2.18. The van der Waals surface area contributed by atoms with E-state index >= 15 is 0 Å². The maximum Gasteiger partial charge on any atom is 0.433 e. The van der Waals surface area contributed by atoms with Crippen LogP contribution < -0.4 is 22.1 Å². The molecule has 0 atom stereocenters. The van der Waals surface area contributed by atoms with Crippen molar-refractivity contribution < 1.29 is 19.3 Å². The minimum absolute atomic E-state index is 0.0497. The van der Waals surface area contributed by atoms with Gasteiger partial charge in [0.15, 0.2) is 0 Å². The summed E-state index contributed by atoms with van der Waals surface area (Å²) in [6.45, 7) is 0. The van der Waals surface area contributed by atoms with Crippen molar-refractivity contribution >= 4 is 23.9 Å². The Balaban J connectivity index is 1.65. The predicted octanol–water partition coefficient (Wildman–Crippen LogP) is 2.04. The van der Waals surface area contributed by atoms with Gasteiger partial charge in [0.1, 0.15) is 11.7 Å². The molecule has 0 aromatic rings. The molecule has 0 aromatic heterocycles. The molecule has 2 aliphatic carbocycles. The molecule has 6 N–H and O–H groups in total. The molecule has 2 amide bonds. The highest BCUT2D eigenvalue weighted by molar-refractivity contribution is 6.00. The summed E-state index contributed by atoms with van der Waals surface area (Å²) in [5.74, 6) is -0.0994. The van der Waals surface area contributed by atoms with Crippen molar-refractivity contribution in [3.05, 3.63) is 0 Å². The third-order valence-electron chi connectivity index (χ3n) is 4.71. The summed E-state index contributed by atoms with van der Waals surface area (Å²) < 4.78 is 0. The Morgan fingerprint density at radius 1 is 0.741 bits per heavy atom. The van der Waals surface area contributed by atoms with Gasteiger partial charge in [-0.3, -0.25) is 9.68 Å². The topological polar surface area (TPSA) is 153 Å². The van der Waals surface area contributed by atoms with Gasteiger partial charge in [-0.2, -0.15) is 0 Å². The standard InChI is InChI=1S/C17H30N6O4/c18-14(22-26-16(24)20-12-7-3-1-4-8-12)11-15(19)23-27-17(25)21-13-9-5-2-6-10-13/h12-13H,1-11H2,(H2,18,22)(H2,19,23)(H,20,24)(H,21,25). The molecule has 10 nitrogen and oxygen atoms in total. The highest BCUT2D eigenvalue weighted by Gasteiger charge is 2.17. The van der Waals surface area contributed by atoms with Gasteiger partial charge in [0.25, 0.3) is 0 Å². The molecule has 0 unspecified atom stereocenters. The van der Waals surface area contributed by atoms with E-state index in [-0.39, 0.29) is 30.2 Å². The Morgan fingerprint density at radius 3 is 1.48 bits per heavy atom. The van der Waals surface area contributed by atoms with Crippen molar-refractivity contribution in [2.24, 2.45) is 21.8 Å². The molecule has 0 bridgehead atoms. The number of rotatable bonds is 6. The molecule has 2 saturated carbocycles. The van der Waals surface area contributed by atoms with Crippen molar-refractivity contribution in [3.8, 4) is 0 Å². The van der Waals surface area contributed by atoms with Gasteiger partial charge >= 0.3 is 12.2 Å². The highest BCUT2D eigenvalue weighted by atomic mass is 16.7. The molecule has 0 saturated heterocycles. The van der Waals surface area contributed by atoms with Gasteiger partial charge in [0.05, 0.1) is 6.42 Å². The number of amides is 2. The second-order valence-electron chi connectivity index (χ2n) is 7.06. The van der Waals surface area contributed by atoms with E-state index in [4.69, 9.17) is 21.1 Å². The Morgan fingerprint density at radius 2 is 1.11 bits per heavy atom. The summed E-state index contributed by atoms with van der Waals surface area (Å²) >= 11 is 0. The number of amidine groups is 2. The van der Waals surface area contributed by atoms with Crippen molar-refractivity contribution in [2.75, 3.05) is 0 Å². The molecule has 2 aliphatic rings. The first kappa shape index (κ1) is 20.8. The summed E-state index contributed by atoms with van der Waals surface area (Å²) in [6, 6.07) is 0.232. The van der Waals surface area contributed by atoms with Crippen LogP contribution in [0.1, 0.15) is 70.6 Å². The minimum atomic E-state index is -0.650. The van der Waals surface area contributed by atoms with E-state index in [0.717, 1.165) is 51.4 Å². The fourth-order valence-corrected chi connectivity index (χ4v) is 3.33. The molecule has 27 heavy (non-hydrogen) atoms. The van der Waals surface area contributed by atoms with Crippen LogP contribution in [0.25, 0.3) is 0 Å². The van der Waals surface area contributed by atoms with Gasteiger partial charge in [0.2, 0.25) is 0 Å². The van der Waals surface area contributed by atoms with E-state index in [1.807, 2.05) is 0 Å². The van der Waals surface area contributed by atoms with E-state index < -0.39 is 12.2 Å². The molecule has 0 heterocycles. The molecule has 10 heteroatoms. The van der Waals surface area contributed by atoms with Gasteiger partial charge < -0.3 is 22.1 Å². The van der Waals surface area contributed by atoms with Crippen LogP contribution in [0.4, 0.5) is 9.59 Å². The van der Waals surface area contributed by atoms with Crippen LogP contribution in [0, 0.1) is 0 Å². The maximum absolute atomic E-state index is 11.7. The van der Waals surface area contributed by atoms with Gasteiger partial charge in [-0.1, -0.05) is 48.8 Å². The minimum Gasteiger partial charge on any atom is -0.384 e. The van der Waals surface area contributed by atoms with Crippen LogP contribution >= 0.6 is 0 Å². The molecule has 0 radical (unpaired) electrons. The Labute approximate surface area is 159 Å². The van der Waals surface area contributed by atoms with E-state index in [0.29, 0.717) is 0 Å². The fraction of sp³-hybridized carbons (Fsp3) is 0.765. The molecule has 0 spiro atoms. The van der Waals surface area contributed by atoms with Crippen LogP contribution in [0.15, 0.2) is 10.3 Å². The summed E-state index contributed by atoms with van der Waals surface area (Å²) in [4.78, 5) is 32.8. The number of carbonyl (C=O) groups is 2. The lowest BCUT2D eigenvalue weighted by Crippen LogP contribution is -2.36. The number of oxime groups is 2. The van der Waals surface area contributed by atoms with Crippen molar-refractivity contribution in [1.29, 1.82) is 0 Å². The third kappa shape index (κ3) is 8.61. The lowest BCUT2D eigenvalue weighted by molar-refractivity contribution is 0.143. The summed E-state index contributed by atoms with van der Waals surface area (Å²) in [5, 5.41) is 12.5. The van der Waals surface area contributed by atoms with Crippen LogP contribution in [0.5, 0.6) is 0 Å². The second kappa shape index (κ2) is 11.2. The molecular formula is C17H30N6O4. The first-order chi connectivity index (χ1) is 13.0. The summed E-state index contributed by atoms with van der Waals surface area (Å²) in [6.07, 6.45) is 9.13. The van der Waals surface area contributed by atoms with Crippen molar-refractivity contribution in [1.82, 2.24) is 10.6 Å². The normalized spacial score (nSPS) is 20.0. The zero-order valence-electron chi connectivity index (χ0n) is 15.6. The Hall–Kier alpha value is -2.52. The summed E-state index contributed by atoms with van der Waals surface area (Å²) in [5.41, 5.74) is 11.3. The van der Waals surface area contributed by atoms with Crippen molar-refractivity contribution in [2.45, 2.75) is 82.7 Å². The molecule has 2 fully saturated rings. The van der Waals surface area contributed by atoms with Gasteiger partial charge in [-0.15, -0.1) is 0 Å². The molecule has 0 aliphatic heterocycles. The van der Waals surface area contributed by atoms with Crippen LogP contribution in [0.2, 0.25) is 0 Å². The lowest BCUT2D eigenvalue weighted by Gasteiger charge is -2.21. The van der Waals surface area contributed by atoms with Gasteiger partial charge in [-0.05, 0) is 25.7 Å². The zero-order chi connectivity index (χ0) is 19.5. The first-order valence-electron chi connectivity index (χ1n) is 9.62. The Kier molecular flexibility index (Phi) is 8.66. The zero-order valence-corrected chi connectivity index (χ0v) is 15.6. The Bertz CT molecular complexity index is 506. The van der Waals surface area contributed by atoms with E-state index in [1.165, 1.54) is 12.8 Å². The molecule has 0 aromatic carbocycles. The predicted molar refractivity (Wildman–Crippen MR) is 101 cm³/mol. The maximum atomic E-state index is 11.7. The van der Waals surface area contributed by atoms with Crippen molar-refractivity contribution in [3.63, 3.8) is 0 Å². The fourth-order valence-electron chi connectivity index (χ4n) is 3.33. The molecular weight excluding hydrogens is 352 g/mol. The van der Waals surface area contributed by atoms with Gasteiger partial charge in [0, 0.05) is 12.1 Å². The van der Waals surface area contributed by atoms with Gasteiger partial charge in [-0.25, -0.2) is 9.59 Å². The van der Waals surface area contributed by atoms with Crippen LogP contribution in [-0.2, 0) is 9.68 Å². The number of carbonyl (C=O) groups excluding carboxylic acids is 2. The molecule has 2 rings (SSSR count). The average molecular weight is 382 g/mol. The SMILES string of the molecule is N/C(C/C(N)=N\OC(=O)NC1CCCCC1)=N/OC(=O)NC1CCCCC1. The monoisotopic (exact) mass is 382 g/mol. The third-order valence-corrected chi connectivity index (χ3v) is 4.71. The van der Waals surface area contributed by atoms with Crippen LogP contribution in [0.3, 0.4) is 0 Å². The average Bonchev–Trinajstić information content (AvgIpc) is 2.66. The quantitative estimate of drug-likeness (QED) is 0.238. The number of nitrogens with one attached hydrogen (secondary N) is 2.